The van der Waals surface area contributed by atoms with Crippen LogP contribution < -0.4 is 5.32 Å². The zero-order valence-corrected chi connectivity index (χ0v) is 10.7. The number of benzene rings is 1. The molecule has 104 valence electrons. The molecule has 0 aliphatic heterocycles. The Balaban J connectivity index is 2.23. The minimum Gasteiger partial charge on any atom is -0.508 e. The Bertz CT molecular complexity index is 658. The van der Waals surface area contributed by atoms with Gasteiger partial charge in [0.1, 0.15) is 22.9 Å². The van der Waals surface area contributed by atoms with E-state index in [1.165, 1.54) is 18.2 Å². The molecule has 0 aliphatic carbocycles. The zero-order valence-electron chi connectivity index (χ0n) is 10.7. The Labute approximate surface area is 114 Å². The topological polar surface area (TPSA) is 109 Å². The van der Waals surface area contributed by atoms with Crippen LogP contribution in [-0.4, -0.2) is 20.1 Å². The first kappa shape index (κ1) is 13.6. The van der Waals surface area contributed by atoms with Gasteiger partial charge in [-0.25, -0.2) is 0 Å². The van der Waals surface area contributed by atoms with E-state index >= 15 is 0 Å². The van der Waals surface area contributed by atoms with E-state index in [1.807, 2.05) is 0 Å². The van der Waals surface area contributed by atoms with Crippen molar-refractivity contribution >= 4 is 11.4 Å². The molecule has 0 atom stereocenters. The van der Waals surface area contributed by atoms with E-state index in [9.17, 15) is 20.3 Å². The van der Waals surface area contributed by atoms with Gasteiger partial charge in [-0.05, 0) is 31.2 Å². The maximum Gasteiger partial charge on any atom is 0.296 e. The molecule has 0 amide bonds. The summed E-state index contributed by atoms with van der Waals surface area (Å²) >= 11 is 0. The second-order valence-electron chi connectivity index (χ2n) is 4.23. The lowest BCUT2D eigenvalue weighted by molar-refractivity contribution is -0.384. The molecule has 0 fully saturated rings. The molecule has 2 aromatic rings. The van der Waals surface area contributed by atoms with Crippen molar-refractivity contribution in [3.05, 3.63) is 51.8 Å². The van der Waals surface area contributed by atoms with Gasteiger partial charge in [0.05, 0.1) is 17.5 Å². The number of anilines is 1. The van der Waals surface area contributed by atoms with Crippen molar-refractivity contribution in [1.29, 1.82) is 0 Å². The van der Waals surface area contributed by atoms with Crippen LogP contribution in [0.4, 0.5) is 11.4 Å². The quantitative estimate of drug-likeness (QED) is 0.449. The number of aromatic hydroxyl groups is 2. The molecule has 0 spiro atoms. The summed E-state index contributed by atoms with van der Waals surface area (Å²) in [7, 11) is 0. The third-order valence-electron chi connectivity index (χ3n) is 2.71. The van der Waals surface area contributed by atoms with Gasteiger partial charge < -0.3 is 15.5 Å². The molecule has 3 N–H and O–H groups in total. The predicted molar refractivity (Wildman–Crippen MR) is 72.7 cm³/mol. The molecular weight excluding hydrogens is 262 g/mol. The van der Waals surface area contributed by atoms with Gasteiger partial charge in [-0.3, -0.25) is 15.1 Å². The van der Waals surface area contributed by atoms with Crippen LogP contribution in [0, 0.1) is 17.0 Å². The molecule has 0 unspecified atom stereocenters. The molecule has 7 nitrogen and oxygen atoms in total. The largest absolute Gasteiger partial charge is 0.508 e. The Kier molecular flexibility index (Phi) is 3.69. The van der Waals surface area contributed by atoms with Gasteiger partial charge in [0.15, 0.2) is 0 Å². The van der Waals surface area contributed by atoms with Crippen LogP contribution in [0.5, 0.6) is 11.5 Å². The standard InChI is InChI=1S/C13H13N3O4/c1-8-2-5-13(18)11(15-8)7-14-10-4-3-9(17)6-12(10)16(19)20/h2-6,14,17-18H,7H2,1H3. The van der Waals surface area contributed by atoms with Crippen molar-refractivity contribution in [2.45, 2.75) is 13.5 Å². The zero-order chi connectivity index (χ0) is 14.7. The maximum atomic E-state index is 10.9. The predicted octanol–water partition coefficient (Wildman–Crippen LogP) is 2.32. The highest BCUT2D eigenvalue weighted by molar-refractivity contribution is 5.63. The van der Waals surface area contributed by atoms with Gasteiger partial charge in [0.2, 0.25) is 0 Å². The van der Waals surface area contributed by atoms with E-state index in [4.69, 9.17) is 0 Å². The number of pyridine rings is 1. The fraction of sp³-hybridized carbons (Fsp3) is 0.154. The van der Waals surface area contributed by atoms with Gasteiger partial charge in [0, 0.05) is 5.69 Å². The van der Waals surface area contributed by atoms with Crippen LogP contribution in [0.25, 0.3) is 0 Å². The number of rotatable bonds is 4. The van der Waals surface area contributed by atoms with E-state index in [0.29, 0.717) is 5.69 Å². The number of aromatic nitrogens is 1. The SMILES string of the molecule is Cc1ccc(O)c(CNc2ccc(O)cc2[N+](=O)[O-])n1. The van der Waals surface area contributed by atoms with E-state index in [0.717, 1.165) is 11.8 Å². The lowest BCUT2D eigenvalue weighted by Gasteiger charge is -2.09. The number of aryl methyl sites for hydroxylation is 1. The van der Waals surface area contributed by atoms with Crippen molar-refractivity contribution in [3.63, 3.8) is 0 Å². The van der Waals surface area contributed by atoms with Gasteiger partial charge in [-0.1, -0.05) is 0 Å². The smallest absolute Gasteiger partial charge is 0.296 e. The first-order chi connectivity index (χ1) is 9.47. The molecule has 1 heterocycles. The Morgan fingerprint density at radius 1 is 1.30 bits per heavy atom. The van der Waals surface area contributed by atoms with Crippen LogP contribution >= 0.6 is 0 Å². The number of nitro benzene ring substituents is 1. The Morgan fingerprint density at radius 3 is 2.75 bits per heavy atom. The third-order valence-corrected chi connectivity index (χ3v) is 2.71. The summed E-state index contributed by atoms with van der Waals surface area (Å²) < 4.78 is 0. The molecule has 0 saturated heterocycles. The molecule has 1 aromatic heterocycles. The number of nitrogens with zero attached hydrogens (tertiary/aromatic N) is 2. The molecule has 0 aliphatic rings. The number of nitrogens with one attached hydrogen (secondary N) is 1. The van der Waals surface area contributed by atoms with E-state index in [2.05, 4.69) is 10.3 Å². The summed E-state index contributed by atoms with van der Waals surface area (Å²) in [6.45, 7) is 1.92. The van der Waals surface area contributed by atoms with Crippen molar-refractivity contribution in [3.8, 4) is 11.5 Å². The Morgan fingerprint density at radius 2 is 2.05 bits per heavy atom. The fourth-order valence-corrected chi connectivity index (χ4v) is 1.73. The van der Waals surface area contributed by atoms with E-state index < -0.39 is 4.92 Å². The number of nitro groups is 1. The van der Waals surface area contributed by atoms with Gasteiger partial charge in [-0.2, -0.15) is 0 Å². The second kappa shape index (κ2) is 5.43. The normalized spacial score (nSPS) is 10.2. The van der Waals surface area contributed by atoms with Crippen LogP contribution in [-0.2, 0) is 6.54 Å². The minimum atomic E-state index is -0.592. The molecule has 7 heteroatoms. The molecule has 0 bridgehead atoms. The molecular formula is C13H13N3O4. The number of phenolic OH excluding ortho intramolecular Hbond substituents is 1. The highest BCUT2D eigenvalue weighted by atomic mass is 16.6. The molecule has 0 radical (unpaired) electrons. The molecule has 2 rings (SSSR count). The summed E-state index contributed by atoms with van der Waals surface area (Å²) in [5, 5.41) is 32.7. The van der Waals surface area contributed by atoms with Crippen LogP contribution in [0.15, 0.2) is 30.3 Å². The molecule has 20 heavy (non-hydrogen) atoms. The molecule has 0 saturated carbocycles. The lowest BCUT2D eigenvalue weighted by atomic mass is 10.2. The third kappa shape index (κ3) is 2.94. The van der Waals surface area contributed by atoms with Gasteiger partial charge >= 0.3 is 0 Å². The first-order valence-electron chi connectivity index (χ1n) is 5.84. The lowest BCUT2D eigenvalue weighted by Crippen LogP contribution is -2.05. The van der Waals surface area contributed by atoms with Crippen molar-refractivity contribution < 1.29 is 15.1 Å². The maximum absolute atomic E-state index is 10.9. The number of hydrogen-bond acceptors (Lipinski definition) is 6. The van der Waals surface area contributed by atoms with Crippen molar-refractivity contribution in [2.75, 3.05) is 5.32 Å². The average Bonchev–Trinajstić information content (AvgIpc) is 2.40. The Hall–Kier alpha value is -2.83. The van der Waals surface area contributed by atoms with E-state index in [1.54, 1.807) is 13.0 Å². The van der Waals surface area contributed by atoms with Crippen LogP contribution in [0.2, 0.25) is 0 Å². The number of hydrogen-bond donors (Lipinski definition) is 3. The minimum absolute atomic E-state index is 0.0181. The van der Waals surface area contributed by atoms with Crippen LogP contribution in [0.3, 0.4) is 0 Å². The monoisotopic (exact) mass is 275 g/mol. The summed E-state index contributed by atoms with van der Waals surface area (Å²) in [6, 6.07) is 7.00. The second-order valence-corrected chi connectivity index (χ2v) is 4.23. The summed E-state index contributed by atoms with van der Waals surface area (Å²) in [5.74, 6) is -0.164. The fourth-order valence-electron chi connectivity index (χ4n) is 1.73. The van der Waals surface area contributed by atoms with E-state index in [-0.39, 0.29) is 29.4 Å². The van der Waals surface area contributed by atoms with Gasteiger partial charge in [0.25, 0.3) is 5.69 Å². The molecule has 1 aromatic carbocycles. The van der Waals surface area contributed by atoms with Crippen molar-refractivity contribution in [1.82, 2.24) is 4.98 Å². The first-order valence-corrected chi connectivity index (χ1v) is 5.84. The number of phenols is 1. The average molecular weight is 275 g/mol. The highest BCUT2D eigenvalue weighted by Crippen LogP contribution is 2.29. The summed E-state index contributed by atoms with van der Waals surface area (Å²) in [4.78, 5) is 14.5. The van der Waals surface area contributed by atoms with Gasteiger partial charge in [-0.15, -0.1) is 0 Å². The highest BCUT2D eigenvalue weighted by Gasteiger charge is 2.15. The van der Waals surface area contributed by atoms with Crippen LogP contribution in [0.1, 0.15) is 11.4 Å². The van der Waals surface area contributed by atoms with Crippen molar-refractivity contribution in [2.24, 2.45) is 0 Å². The summed E-state index contributed by atoms with van der Waals surface area (Å²) in [6.07, 6.45) is 0. The summed E-state index contributed by atoms with van der Waals surface area (Å²) in [5.41, 5.74) is 1.14.